The lowest BCUT2D eigenvalue weighted by Gasteiger charge is -2.10. The van der Waals surface area contributed by atoms with Crippen molar-refractivity contribution in [1.29, 1.82) is 0 Å². The molecule has 0 saturated heterocycles. The number of carbonyl (C=O) groups is 1. The molecule has 0 bridgehead atoms. The van der Waals surface area contributed by atoms with Crippen molar-refractivity contribution in [2.75, 3.05) is 21.2 Å². The molecular weight excluding hydrogens is 272 g/mol. The van der Waals surface area contributed by atoms with Gasteiger partial charge in [-0.05, 0) is 31.2 Å². The quantitative estimate of drug-likeness (QED) is 0.933. The van der Waals surface area contributed by atoms with Gasteiger partial charge < -0.3 is 19.3 Å². The van der Waals surface area contributed by atoms with Crippen LogP contribution in [0.15, 0.2) is 28.8 Å². The van der Waals surface area contributed by atoms with Crippen LogP contribution in [0.25, 0.3) is 11.3 Å². The summed E-state index contributed by atoms with van der Waals surface area (Å²) in [6.45, 7) is 1.58. The van der Waals surface area contributed by atoms with Gasteiger partial charge in [0.1, 0.15) is 11.4 Å². The van der Waals surface area contributed by atoms with Crippen molar-refractivity contribution < 1.29 is 19.2 Å². The normalized spacial score (nSPS) is 12.0. The molecule has 2 rings (SSSR count). The molecule has 21 heavy (non-hydrogen) atoms. The molecule has 6 heteroatoms. The summed E-state index contributed by atoms with van der Waals surface area (Å²) in [5.74, 6) is 0.435. The van der Waals surface area contributed by atoms with E-state index in [-0.39, 0.29) is 11.7 Å². The number of nitrogens with zero attached hydrogens (tertiary/aromatic N) is 2. The van der Waals surface area contributed by atoms with Crippen molar-refractivity contribution in [2.24, 2.45) is 0 Å². The molecule has 1 N–H and O–H groups in total. The smallest absolute Gasteiger partial charge is 0.292 e. The van der Waals surface area contributed by atoms with E-state index in [1.165, 1.54) is 4.90 Å². The molecule has 0 saturated carbocycles. The molecule has 6 nitrogen and oxygen atoms in total. The summed E-state index contributed by atoms with van der Waals surface area (Å²) in [5.41, 5.74) is 1.59. The van der Waals surface area contributed by atoms with Crippen LogP contribution in [-0.2, 0) is 0 Å². The van der Waals surface area contributed by atoms with Crippen molar-refractivity contribution >= 4 is 5.91 Å². The number of hydrogen-bond acceptors (Lipinski definition) is 5. The summed E-state index contributed by atoms with van der Waals surface area (Å²) in [5, 5.41) is 13.9. The third kappa shape index (κ3) is 2.90. The van der Waals surface area contributed by atoms with Gasteiger partial charge in [0, 0.05) is 19.7 Å². The second-order valence-corrected chi connectivity index (χ2v) is 4.88. The van der Waals surface area contributed by atoms with E-state index >= 15 is 0 Å². The van der Waals surface area contributed by atoms with Crippen molar-refractivity contribution in [3.05, 3.63) is 35.6 Å². The zero-order valence-electron chi connectivity index (χ0n) is 12.5. The zero-order valence-corrected chi connectivity index (χ0v) is 12.5. The van der Waals surface area contributed by atoms with Gasteiger partial charge in [0.2, 0.25) is 5.76 Å². The Morgan fingerprint density at radius 1 is 1.33 bits per heavy atom. The predicted octanol–water partition coefficient (Wildman–Crippen LogP) is 2.11. The Morgan fingerprint density at radius 2 is 1.95 bits per heavy atom. The van der Waals surface area contributed by atoms with Gasteiger partial charge >= 0.3 is 0 Å². The molecular formula is C15H18N2O4. The third-order valence-corrected chi connectivity index (χ3v) is 3.11. The van der Waals surface area contributed by atoms with E-state index in [0.717, 1.165) is 5.56 Å². The predicted molar refractivity (Wildman–Crippen MR) is 77.1 cm³/mol. The van der Waals surface area contributed by atoms with Gasteiger partial charge in [-0.2, -0.15) is 0 Å². The van der Waals surface area contributed by atoms with Gasteiger partial charge in [0.05, 0.1) is 18.8 Å². The number of rotatable bonds is 4. The van der Waals surface area contributed by atoms with E-state index in [1.54, 1.807) is 52.4 Å². The molecule has 0 spiro atoms. The van der Waals surface area contributed by atoms with Crippen LogP contribution in [0.3, 0.4) is 0 Å². The van der Waals surface area contributed by atoms with E-state index in [4.69, 9.17) is 9.26 Å². The molecule has 1 amide bonds. The second-order valence-electron chi connectivity index (χ2n) is 4.88. The lowest BCUT2D eigenvalue weighted by atomic mass is 10.0. The SMILES string of the molecule is COc1ccc(-c2noc(C(=O)N(C)C)c2C(C)O)cc1. The van der Waals surface area contributed by atoms with E-state index < -0.39 is 6.10 Å². The maximum atomic E-state index is 12.1. The summed E-state index contributed by atoms with van der Waals surface area (Å²) < 4.78 is 10.3. The summed E-state index contributed by atoms with van der Waals surface area (Å²) in [7, 11) is 4.81. The Kier molecular flexibility index (Phi) is 4.28. The summed E-state index contributed by atoms with van der Waals surface area (Å²) in [6, 6.07) is 7.16. The number of carbonyl (C=O) groups excluding carboxylic acids is 1. The van der Waals surface area contributed by atoms with Crippen molar-refractivity contribution in [3.8, 4) is 17.0 Å². The highest BCUT2D eigenvalue weighted by Gasteiger charge is 2.27. The van der Waals surface area contributed by atoms with Gasteiger partial charge in [-0.3, -0.25) is 4.79 Å². The molecule has 1 aromatic heterocycles. The Labute approximate surface area is 122 Å². The number of aliphatic hydroxyl groups is 1. The topological polar surface area (TPSA) is 75.8 Å². The highest BCUT2D eigenvalue weighted by atomic mass is 16.5. The average Bonchev–Trinajstić information content (AvgIpc) is 2.91. The Balaban J connectivity index is 2.51. The first kappa shape index (κ1) is 15.1. The Bertz CT molecular complexity index is 630. The molecule has 1 aromatic carbocycles. The van der Waals surface area contributed by atoms with Crippen LogP contribution < -0.4 is 4.74 Å². The number of aliphatic hydroxyl groups excluding tert-OH is 1. The minimum atomic E-state index is -0.868. The number of methoxy groups -OCH3 is 1. The van der Waals surface area contributed by atoms with Crippen molar-refractivity contribution in [1.82, 2.24) is 10.1 Å². The number of benzene rings is 1. The fourth-order valence-corrected chi connectivity index (χ4v) is 2.00. The minimum Gasteiger partial charge on any atom is -0.497 e. The molecule has 0 aliphatic heterocycles. The van der Waals surface area contributed by atoms with Crippen LogP contribution >= 0.6 is 0 Å². The number of aromatic nitrogens is 1. The highest BCUT2D eigenvalue weighted by Crippen LogP contribution is 2.31. The first-order chi connectivity index (χ1) is 9.95. The van der Waals surface area contributed by atoms with Gasteiger partial charge in [-0.1, -0.05) is 5.16 Å². The van der Waals surface area contributed by atoms with Gasteiger partial charge in [-0.25, -0.2) is 0 Å². The van der Waals surface area contributed by atoms with E-state index in [9.17, 15) is 9.90 Å². The molecule has 112 valence electrons. The standard InChI is InChI=1S/C15H18N2O4/c1-9(18)12-13(10-5-7-11(20-4)8-6-10)16-21-14(12)15(19)17(2)3/h5-9,18H,1-4H3. The maximum absolute atomic E-state index is 12.1. The maximum Gasteiger partial charge on any atom is 0.292 e. The molecule has 2 aromatic rings. The van der Waals surface area contributed by atoms with Crippen LogP contribution in [0.2, 0.25) is 0 Å². The van der Waals surface area contributed by atoms with Crippen LogP contribution in [0, 0.1) is 0 Å². The highest BCUT2D eigenvalue weighted by molar-refractivity contribution is 5.94. The molecule has 0 aliphatic rings. The molecule has 1 unspecified atom stereocenters. The first-order valence-corrected chi connectivity index (χ1v) is 6.49. The van der Waals surface area contributed by atoms with Gasteiger partial charge in [-0.15, -0.1) is 0 Å². The van der Waals surface area contributed by atoms with E-state index in [1.807, 2.05) is 0 Å². The molecule has 0 aliphatic carbocycles. The van der Waals surface area contributed by atoms with Crippen LogP contribution in [-0.4, -0.2) is 42.3 Å². The molecule has 0 radical (unpaired) electrons. The molecule has 0 fully saturated rings. The van der Waals surface area contributed by atoms with Crippen molar-refractivity contribution in [3.63, 3.8) is 0 Å². The third-order valence-electron chi connectivity index (χ3n) is 3.11. The Hall–Kier alpha value is -2.34. The molecule has 1 heterocycles. The van der Waals surface area contributed by atoms with Gasteiger partial charge in [0.15, 0.2) is 0 Å². The first-order valence-electron chi connectivity index (χ1n) is 6.49. The molecule has 1 atom stereocenters. The largest absolute Gasteiger partial charge is 0.497 e. The fourth-order valence-electron chi connectivity index (χ4n) is 2.00. The van der Waals surface area contributed by atoms with E-state index in [0.29, 0.717) is 17.0 Å². The second kappa shape index (κ2) is 5.97. The van der Waals surface area contributed by atoms with Crippen molar-refractivity contribution in [2.45, 2.75) is 13.0 Å². The van der Waals surface area contributed by atoms with Crippen LogP contribution in [0.1, 0.15) is 29.1 Å². The summed E-state index contributed by atoms with van der Waals surface area (Å²) in [4.78, 5) is 13.5. The monoisotopic (exact) mass is 290 g/mol. The lowest BCUT2D eigenvalue weighted by molar-refractivity contribution is 0.0778. The average molecular weight is 290 g/mol. The lowest BCUT2D eigenvalue weighted by Crippen LogP contribution is -2.22. The number of ether oxygens (including phenoxy) is 1. The number of amides is 1. The van der Waals surface area contributed by atoms with E-state index in [2.05, 4.69) is 5.16 Å². The van der Waals surface area contributed by atoms with Crippen LogP contribution in [0.5, 0.6) is 5.75 Å². The number of hydrogen-bond donors (Lipinski definition) is 1. The van der Waals surface area contributed by atoms with Crippen LogP contribution in [0.4, 0.5) is 0 Å². The summed E-state index contributed by atoms with van der Waals surface area (Å²) in [6.07, 6.45) is -0.868. The minimum absolute atomic E-state index is 0.0563. The summed E-state index contributed by atoms with van der Waals surface area (Å²) >= 11 is 0. The Morgan fingerprint density at radius 3 is 2.43 bits per heavy atom. The van der Waals surface area contributed by atoms with Gasteiger partial charge in [0.25, 0.3) is 5.91 Å². The zero-order chi connectivity index (χ0) is 15.6. The fraction of sp³-hybridized carbons (Fsp3) is 0.333.